The van der Waals surface area contributed by atoms with Gasteiger partial charge in [-0.3, -0.25) is 9.59 Å². The Bertz CT molecular complexity index is 1210. The number of ether oxygens (including phenoxy) is 2. The van der Waals surface area contributed by atoms with Crippen molar-refractivity contribution in [2.45, 2.75) is 44.1 Å². The minimum absolute atomic E-state index is 0.0609. The third kappa shape index (κ3) is 6.52. The average Bonchev–Trinajstić information content (AvgIpc) is 3.30. The number of amides is 2. The molecule has 38 heavy (non-hydrogen) atoms. The van der Waals surface area contributed by atoms with E-state index in [0.717, 1.165) is 12.2 Å². The third-order valence-corrected chi connectivity index (χ3v) is 7.11. The summed E-state index contributed by atoms with van der Waals surface area (Å²) in [5.41, 5.74) is 12.0. The maximum Gasteiger partial charge on any atom is 0.343 e. The van der Waals surface area contributed by atoms with E-state index in [1.165, 1.54) is 12.7 Å². The van der Waals surface area contributed by atoms with Crippen LogP contribution in [-0.4, -0.2) is 77.5 Å². The number of likely N-dealkylation sites (tertiary alicyclic amines) is 1. The van der Waals surface area contributed by atoms with Crippen LogP contribution in [0.2, 0.25) is 5.15 Å². The molecule has 2 amide bonds. The van der Waals surface area contributed by atoms with Crippen LogP contribution >= 0.6 is 11.6 Å². The standard InChI is InChI=1S/C24H31ClN8O5/c1-37-17(35)12-38-15-5-2-14(3-6-15)4-7-16(34)33-10-8-24(9-11-33)13-28-23(32-24)31-22(36)18-20(26)30-21(27)19(25)29-18/h2,5H,3-4,6-13H2,1H3,(H4,26,27,30)(H2,28,31,32,36). The molecule has 2 aliphatic heterocycles. The Morgan fingerprint density at radius 1 is 1.16 bits per heavy atom. The highest BCUT2D eigenvalue weighted by molar-refractivity contribution is 6.31. The smallest absolute Gasteiger partial charge is 0.343 e. The van der Waals surface area contributed by atoms with Crippen molar-refractivity contribution in [3.05, 3.63) is 34.3 Å². The fourth-order valence-corrected chi connectivity index (χ4v) is 4.65. The number of methoxy groups -OCH3 is 1. The third-order valence-electron chi connectivity index (χ3n) is 6.83. The Morgan fingerprint density at radius 3 is 2.61 bits per heavy atom. The van der Waals surface area contributed by atoms with E-state index in [2.05, 4.69) is 30.3 Å². The van der Waals surface area contributed by atoms with Gasteiger partial charge in [-0.25, -0.2) is 14.8 Å². The van der Waals surface area contributed by atoms with Gasteiger partial charge in [0, 0.05) is 32.5 Å². The van der Waals surface area contributed by atoms with Crippen molar-refractivity contribution in [2.24, 2.45) is 4.99 Å². The van der Waals surface area contributed by atoms with Crippen molar-refractivity contribution in [3.8, 4) is 0 Å². The van der Waals surface area contributed by atoms with Crippen molar-refractivity contribution in [1.82, 2.24) is 25.5 Å². The van der Waals surface area contributed by atoms with Crippen LogP contribution < -0.4 is 22.1 Å². The van der Waals surface area contributed by atoms with Gasteiger partial charge in [0.05, 0.1) is 18.4 Å². The number of nitrogen functional groups attached to an aromatic ring is 2. The second kappa shape index (κ2) is 11.7. The Kier molecular flexibility index (Phi) is 8.35. The van der Waals surface area contributed by atoms with Crippen LogP contribution in [-0.2, 0) is 19.1 Å². The molecule has 3 aliphatic rings. The zero-order chi connectivity index (χ0) is 27.3. The van der Waals surface area contributed by atoms with Gasteiger partial charge in [-0.2, -0.15) is 4.99 Å². The predicted octanol–water partition coefficient (Wildman–Crippen LogP) is 0.919. The van der Waals surface area contributed by atoms with E-state index in [1.54, 1.807) is 0 Å². The minimum Gasteiger partial charge on any atom is -0.486 e. The van der Waals surface area contributed by atoms with Crippen molar-refractivity contribution in [2.75, 3.05) is 44.8 Å². The van der Waals surface area contributed by atoms with Gasteiger partial charge < -0.3 is 36.5 Å². The van der Waals surface area contributed by atoms with Crippen LogP contribution in [0.25, 0.3) is 0 Å². The number of carbonyl (C=O) groups excluding carboxylic acids is 3. The lowest BCUT2D eigenvalue weighted by Crippen LogP contribution is -2.53. The number of piperidine rings is 1. The molecule has 4 rings (SSSR count). The summed E-state index contributed by atoms with van der Waals surface area (Å²) in [6, 6.07) is 0. The first kappa shape index (κ1) is 27.2. The molecule has 0 radical (unpaired) electrons. The lowest BCUT2D eigenvalue weighted by molar-refractivity contribution is -0.144. The van der Waals surface area contributed by atoms with Crippen LogP contribution in [0, 0.1) is 0 Å². The molecule has 6 N–H and O–H groups in total. The number of allylic oxidation sites excluding steroid dienone is 4. The molecular formula is C24H31ClN8O5. The summed E-state index contributed by atoms with van der Waals surface area (Å²) in [5, 5.41) is 6.30. The van der Waals surface area contributed by atoms with Crippen molar-refractivity contribution in [1.29, 1.82) is 0 Å². The van der Waals surface area contributed by atoms with Crippen LogP contribution in [0.3, 0.4) is 0 Å². The molecule has 204 valence electrons. The number of hydrogen-bond donors (Lipinski definition) is 4. The zero-order valence-corrected chi connectivity index (χ0v) is 21.8. The van der Waals surface area contributed by atoms with E-state index in [-0.39, 0.29) is 40.5 Å². The molecule has 0 bridgehead atoms. The average molecular weight is 547 g/mol. The number of hydrogen-bond acceptors (Lipinski definition) is 9. The fraction of sp³-hybridized carbons (Fsp3) is 0.500. The second-order valence-electron chi connectivity index (χ2n) is 9.36. The molecule has 1 aromatic rings. The summed E-state index contributed by atoms with van der Waals surface area (Å²) in [6.07, 6.45) is 7.83. The van der Waals surface area contributed by atoms with Crippen LogP contribution in [0.15, 0.2) is 28.5 Å². The van der Waals surface area contributed by atoms with Gasteiger partial charge in [0.15, 0.2) is 35.0 Å². The lowest BCUT2D eigenvalue weighted by atomic mass is 9.88. The molecule has 13 nitrogen and oxygen atoms in total. The highest BCUT2D eigenvalue weighted by Crippen LogP contribution is 2.27. The number of nitrogens with zero attached hydrogens (tertiary/aromatic N) is 4. The van der Waals surface area contributed by atoms with Crippen LogP contribution in [0.5, 0.6) is 0 Å². The van der Waals surface area contributed by atoms with Gasteiger partial charge in [-0.15, -0.1) is 0 Å². The Morgan fingerprint density at radius 2 is 1.92 bits per heavy atom. The summed E-state index contributed by atoms with van der Waals surface area (Å²) in [4.78, 5) is 50.2. The van der Waals surface area contributed by atoms with E-state index in [1.807, 2.05) is 17.1 Å². The molecule has 1 aliphatic carbocycles. The Labute approximate surface area is 224 Å². The van der Waals surface area contributed by atoms with Crippen molar-refractivity contribution < 1.29 is 23.9 Å². The number of nitrogens with two attached hydrogens (primary N) is 2. The molecule has 2 saturated heterocycles. The summed E-state index contributed by atoms with van der Waals surface area (Å²) in [6.45, 7) is 1.68. The highest BCUT2D eigenvalue weighted by Gasteiger charge is 2.40. The topological polar surface area (TPSA) is 187 Å². The molecule has 0 unspecified atom stereocenters. The first-order valence-corrected chi connectivity index (χ1v) is 12.7. The van der Waals surface area contributed by atoms with Gasteiger partial charge in [-0.1, -0.05) is 23.3 Å². The zero-order valence-electron chi connectivity index (χ0n) is 21.1. The Balaban J connectivity index is 1.24. The fourth-order valence-electron chi connectivity index (χ4n) is 4.53. The number of nitrogens with one attached hydrogen (secondary N) is 2. The number of halogens is 1. The molecule has 3 heterocycles. The maximum absolute atomic E-state index is 12.8. The molecule has 1 aromatic heterocycles. The molecular weight excluding hydrogens is 516 g/mol. The number of rotatable bonds is 7. The number of aromatic nitrogens is 2. The molecule has 0 atom stereocenters. The molecule has 0 aromatic carbocycles. The number of carbonyl (C=O) groups is 3. The number of aliphatic imine (C=N–C) groups is 1. The molecule has 0 saturated carbocycles. The van der Waals surface area contributed by atoms with Gasteiger partial charge in [-0.05, 0) is 31.8 Å². The first-order valence-electron chi connectivity index (χ1n) is 12.3. The maximum atomic E-state index is 12.8. The van der Waals surface area contributed by atoms with Crippen molar-refractivity contribution in [3.63, 3.8) is 0 Å². The van der Waals surface area contributed by atoms with Gasteiger partial charge in [0.2, 0.25) is 5.91 Å². The first-order chi connectivity index (χ1) is 18.2. The minimum atomic E-state index is -0.689. The second-order valence-corrected chi connectivity index (χ2v) is 9.72. The quantitative estimate of drug-likeness (QED) is 0.356. The highest BCUT2D eigenvalue weighted by atomic mass is 35.5. The van der Waals surface area contributed by atoms with Gasteiger partial charge in [0.25, 0.3) is 0 Å². The number of esters is 1. The SMILES string of the molecule is COC(=O)COC1=CC=C(CCC(=O)N2CCC3(CC2)CN/C(=N\C(=O)c2nc(Cl)c(N)nc2N)N3)CC1. The van der Waals surface area contributed by atoms with Crippen LogP contribution in [0.1, 0.15) is 49.0 Å². The summed E-state index contributed by atoms with van der Waals surface area (Å²) in [5.74, 6) is -0.146. The Hall–Kier alpha value is -3.87. The predicted molar refractivity (Wildman–Crippen MR) is 140 cm³/mol. The van der Waals surface area contributed by atoms with E-state index in [0.29, 0.717) is 57.7 Å². The summed E-state index contributed by atoms with van der Waals surface area (Å²) < 4.78 is 10.00. The van der Waals surface area contributed by atoms with Gasteiger partial charge >= 0.3 is 11.9 Å². The molecule has 1 spiro atoms. The normalized spacial score (nSPS) is 19.3. The monoisotopic (exact) mass is 546 g/mol. The number of anilines is 2. The van der Waals surface area contributed by atoms with Crippen molar-refractivity contribution >= 4 is 47.0 Å². The van der Waals surface area contributed by atoms with E-state index < -0.39 is 11.9 Å². The van der Waals surface area contributed by atoms with Gasteiger partial charge in [0.1, 0.15) is 0 Å². The lowest BCUT2D eigenvalue weighted by Gasteiger charge is -2.38. The summed E-state index contributed by atoms with van der Waals surface area (Å²) in [7, 11) is 1.32. The number of guanidine groups is 1. The largest absolute Gasteiger partial charge is 0.486 e. The van der Waals surface area contributed by atoms with Crippen LogP contribution in [0.4, 0.5) is 11.6 Å². The van der Waals surface area contributed by atoms with E-state index in [9.17, 15) is 14.4 Å². The van der Waals surface area contributed by atoms with E-state index in [4.69, 9.17) is 27.8 Å². The molecule has 2 fully saturated rings. The summed E-state index contributed by atoms with van der Waals surface area (Å²) >= 11 is 5.86. The molecule has 14 heteroatoms. The van der Waals surface area contributed by atoms with E-state index >= 15 is 0 Å².